The minimum atomic E-state index is -3.66. The Labute approximate surface area is 187 Å². The van der Waals surface area contributed by atoms with E-state index in [0.717, 1.165) is 0 Å². The Kier molecular flexibility index (Phi) is 9.27. The van der Waals surface area contributed by atoms with Crippen molar-refractivity contribution >= 4 is 22.3 Å². The molecule has 0 bridgehead atoms. The predicted octanol–water partition coefficient (Wildman–Crippen LogP) is 1.57. The van der Waals surface area contributed by atoms with Crippen LogP contribution in [0.3, 0.4) is 0 Å². The average molecular weight is 471 g/mol. The molecule has 1 aromatic heterocycles. The first-order valence-electron chi connectivity index (χ1n) is 10.2. The molecule has 0 radical (unpaired) electrons. The molecular formula is C20H30N4O7S. The van der Waals surface area contributed by atoms with E-state index in [0.29, 0.717) is 25.0 Å². The summed E-state index contributed by atoms with van der Waals surface area (Å²) in [5.74, 6) is -0.151. The van der Waals surface area contributed by atoms with E-state index in [-0.39, 0.29) is 31.6 Å². The van der Waals surface area contributed by atoms with Crippen LogP contribution in [0.2, 0.25) is 0 Å². The number of likely N-dealkylation sites (tertiary alicyclic amines) is 1. The Bertz CT molecular complexity index is 996. The zero-order valence-corrected chi connectivity index (χ0v) is 19.2. The van der Waals surface area contributed by atoms with E-state index in [4.69, 9.17) is 13.7 Å². The Morgan fingerprint density at radius 2 is 1.91 bits per heavy atom. The summed E-state index contributed by atoms with van der Waals surface area (Å²) < 4.78 is 42.5. The molecule has 0 N–H and O–H groups in total. The fourth-order valence-corrected chi connectivity index (χ4v) is 3.99. The van der Waals surface area contributed by atoms with Crippen molar-refractivity contribution in [3.05, 3.63) is 43.3 Å². The third kappa shape index (κ3) is 7.09. The fourth-order valence-electron chi connectivity index (χ4n) is 3.30. The van der Waals surface area contributed by atoms with Crippen LogP contribution < -0.4 is 5.62 Å². The van der Waals surface area contributed by atoms with Crippen molar-refractivity contribution in [3.8, 4) is 0 Å². The predicted molar refractivity (Wildman–Crippen MR) is 116 cm³/mol. The molecule has 1 aliphatic rings. The summed E-state index contributed by atoms with van der Waals surface area (Å²) in [4.78, 5) is 29.8. The molecule has 0 spiro atoms. The smallest absolute Gasteiger partial charge is 0.437 e. The average Bonchev–Trinajstić information content (AvgIpc) is 3.31. The van der Waals surface area contributed by atoms with Gasteiger partial charge in [-0.05, 0) is 19.8 Å². The first kappa shape index (κ1) is 25.4. The molecule has 178 valence electrons. The topological polar surface area (TPSA) is 121 Å². The highest BCUT2D eigenvalue weighted by atomic mass is 32.2. The lowest BCUT2D eigenvalue weighted by Crippen LogP contribution is -2.38. The SMILES string of the molecule is C=CCOC(=O)N=c1n(C)ccn1CC[C@@H]1C[C@@H](OS(=O)(=O)CC)CN1C(=O)OCC=C. The number of imidazole rings is 1. The van der Waals surface area contributed by atoms with Gasteiger partial charge in [0.25, 0.3) is 10.1 Å². The van der Waals surface area contributed by atoms with Crippen molar-refractivity contribution in [1.29, 1.82) is 0 Å². The van der Waals surface area contributed by atoms with Gasteiger partial charge in [0.05, 0.1) is 18.4 Å². The lowest BCUT2D eigenvalue weighted by Gasteiger charge is -2.23. The van der Waals surface area contributed by atoms with Crippen LogP contribution in [0.5, 0.6) is 0 Å². The third-order valence-corrected chi connectivity index (χ3v) is 6.11. The number of aromatic nitrogens is 2. The van der Waals surface area contributed by atoms with Gasteiger partial charge in [-0.1, -0.05) is 25.3 Å². The van der Waals surface area contributed by atoms with Gasteiger partial charge in [0.15, 0.2) is 0 Å². The van der Waals surface area contributed by atoms with Crippen molar-refractivity contribution in [3.63, 3.8) is 0 Å². The lowest BCUT2D eigenvalue weighted by atomic mass is 10.1. The van der Waals surface area contributed by atoms with Crippen LogP contribution in [0.15, 0.2) is 42.7 Å². The zero-order chi connectivity index (χ0) is 23.7. The second kappa shape index (κ2) is 11.7. The second-order valence-electron chi connectivity index (χ2n) is 7.14. The normalized spacial score (nSPS) is 19.1. The summed E-state index contributed by atoms with van der Waals surface area (Å²) in [6.45, 7) is 9.12. The minimum Gasteiger partial charge on any atom is -0.445 e. The van der Waals surface area contributed by atoms with Gasteiger partial charge in [0, 0.05) is 32.0 Å². The van der Waals surface area contributed by atoms with Crippen molar-refractivity contribution in [1.82, 2.24) is 14.0 Å². The van der Waals surface area contributed by atoms with Gasteiger partial charge >= 0.3 is 12.2 Å². The summed E-state index contributed by atoms with van der Waals surface area (Å²) in [5.41, 5.74) is 0.374. The molecule has 2 atom stereocenters. The summed E-state index contributed by atoms with van der Waals surface area (Å²) in [7, 11) is -1.92. The van der Waals surface area contributed by atoms with Crippen molar-refractivity contribution in [2.75, 3.05) is 25.5 Å². The highest BCUT2D eigenvalue weighted by Crippen LogP contribution is 2.25. The second-order valence-corrected chi connectivity index (χ2v) is 9.03. The van der Waals surface area contributed by atoms with E-state index in [9.17, 15) is 18.0 Å². The maximum absolute atomic E-state index is 12.5. The third-order valence-electron chi connectivity index (χ3n) is 4.83. The van der Waals surface area contributed by atoms with Crippen molar-refractivity contribution < 1.29 is 31.7 Å². The van der Waals surface area contributed by atoms with Gasteiger partial charge in [0.1, 0.15) is 13.2 Å². The lowest BCUT2D eigenvalue weighted by molar-refractivity contribution is 0.102. The Hall–Kier alpha value is -2.86. The maximum atomic E-state index is 12.5. The molecule has 2 heterocycles. The molecule has 32 heavy (non-hydrogen) atoms. The Morgan fingerprint density at radius 1 is 1.22 bits per heavy atom. The van der Waals surface area contributed by atoms with E-state index < -0.39 is 28.4 Å². The highest BCUT2D eigenvalue weighted by Gasteiger charge is 2.38. The largest absolute Gasteiger partial charge is 0.445 e. The molecule has 1 saturated heterocycles. The molecule has 1 fully saturated rings. The summed E-state index contributed by atoms with van der Waals surface area (Å²) in [6.07, 6.45) is 5.24. The molecule has 0 aromatic carbocycles. The number of rotatable bonds is 10. The number of hydrogen-bond donors (Lipinski definition) is 0. The first-order valence-corrected chi connectivity index (χ1v) is 11.8. The van der Waals surface area contributed by atoms with Crippen LogP contribution in [0.4, 0.5) is 9.59 Å². The highest BCUT2D eigenvalue weighted by molar-refractivity contribution is 7.86. The van der Waals surface area contributed by atoms with Crippen LogP contribution in [0.1, 0.15) is 19.8 Å². The summed E-state index contributed by atoms with van der Waals surface area (Å²) in [5, 5.41) is 0. The maximum Gasteiger partial charge on any atom is 0.437 e. The standard InChI is InChI=1S/C20H30N4O7S/c1-5-12-29-19(25)21-18-22(4)10-11-23(18)9-8-16-14-17(31-32(27,28)7-3)15-24(16)20(26)30-13-6-2/h5-6,10-11,16-17H,1-2,7-9,12-15H2,3-4H3/t16-,17-/m1/s1. The molecule has 11 nitrogen and oxygen atoms in total. The van der Waals surface area contributed by atoms with Gasteiger partial charge in [-0.3, -0.25) is 4.18 Å². The van der Waals surface area contributed by atoms with E-state index in [2.05, 4.69) is 18.2 Å². The number of carbonyl (C=O) groups excluding carboxylic acids is 2. The van der Waals surface area contributed by atoms with E-state index in [1.807, 2.05) is 0 Å². The van der Waals surface area contributed by atoms with Crippen LogP contribution in [0.25, 0.3) is 0 Å². The van der Waals surface area contributed by atoms with Gasteiger partial charge in [0.2, 0.25) is 5.62 Å². The summed E-state index contributed by atoms with van der Waals surface area (Å²) in [6, 6.07) is -0.322. The molecule has 0 saturated carbocycles. The van der Waals surface area contributed by atoms with E-state index in [1.54, 1.807) is 28.6 Å². The summed E-state index contributed by atoms with van der Waals surface area (Å²) >= 11 is 0. The van der Waals surface area contributed by atoms with Gasteiger partial charge in [-0.25, -0.2) is 9.59 Å². The molecule has 1 aliphatic heterocycles. The van der Waals surface area contributed by atoms with E-state index >= 15 is 0 Å². The Morgan fingerprint density at radius 3 is 2.56 bits per heavy atom. The molecular weight excluding hydrogens is 440 g/mol. The minimum absolute atomic E-state index is 0.0458. The zero-order valence-electron chi connectivity index (χ0n) is 18.4. The molecule has 2 amide bonds. The number of nitrogens with zero attached hydrogens (tertiary/aromatic N) is 4. The molecule has 1 aromatic rings. The number of amides is 2. The van der Waals surface area contributed by atoms with Crippen LogP contribution >= 0.6 is 0 Å². The van der Waals surface area contributed by atoms with Gasteiger partial charge < -0.3 is 23.5 Å². The van der Waals surface area contributed by atoms with Gasteiger partial charge in [-0.15, -0.1) is 4.99 Å². The number of hydrogen-bond acceptors (Lipinski definition) is 7. The number of aryl methyl sites for hydroxylation is 2. The van der Waals surface area contributed by atoms with E-state index in [1.165, 1.54) is 24.0 Å². The first-order chi connectivity index (χ1) is 15.2. The van der Waals surface area contributed by atoms with Crippen molar-refractivity contribution in [2.45, 2.75) is 38.5 Å². The molecule has 0 unspecified atom stereocenters. The quantitative estimate of drug-likeness (QED) is 0.376. The number of carbonyl (C=O) groups is 2. The molecule has 0 aliphatic carbocycles. The Balaban J connectivity index is 2.15. The number of ether oxygens (including phenoxy) is 2. The monoisotopic (exact) mass is 470 g/mol. The molecule has 12 heteroatoms. The van der Waals surface area contributed by atoms with Gasteiger partial charge in [-0.2, -0.15) is 8.42 Å². The molecule has 2 rings (SSSR count). The van der Waals surface area contributed by atoms with Crippen molar-refractivity contribution in [2.24, 2.45) is 12.0 Å². The van der Waals surface area contributed by atoms with Crippen LogP contribution in [-0.4, -0.2) is 72.3 Å². The van der Waals surface area contributed by atoms with Crippen LogP contribution in [0, 0.1) is 0 Å². The fraction of sp³-hybridized carbons (Fsp3) is 0.550. The van der Waals surface area contributed by atoms with Crippen LogP contribution in [-0.2, 0) is 37.4 Å².